The van der Waals surface area contributed by atoms with Crippen LogP contribution in [0.4, 0.5) is 0 Å². The van der Waals surface area contributed by atoms with Crippen LogP contribution in [0.5, 0.6) is 0 Å². The molecule has 0 saturated carbocycles. The lowest BCUT2D eigenvalue weighted by Crippen LogP contribution is -3.00. The van der Waals surface area contributed by atoms with Gasteiger partial charge in [-0.15, -0.1) is 0 Å². The minimum atomic E-state index is 0. The van der Waals surface area contributed by atoms with Crippen molar-refractivity contribution in [3.8, 4) is 0 Å². The maximum Gasteiger partial charge on any atom is 0.214 e. The zero-order chi connectivity index (χ0) is 79.2. The Hall–Kier alpha value is 0.580. The summed E-state index contributed by atoms with van der Waals surface area (Å²) in [6.45, 7) is 73.5. The highest BCUT2D eigenvalue weighted by Crippen LogP contribution is 2.47. The standard InChI is InChI=1S/C32H54N8.C32H58N8.C30H48N8.CH4.2BrH.4HI/c1-37-17-3-9-33-14-22-39(18-4-10-34(11-19-37)31(39)29(33)37)25-27-5-7-28(8-6-27)26-40-23-15-35-12-20-38(2)21-13-36(16-24-40)32(40)30(35)38;1-33-9-3-10-36-20-19-35(16-13-33)11-4-12-39(26-23-36)29-31-5-7-32(8-6-31)30-40-27-24-37-17-14-34(2)15-18-38(22-21-37)25-28-40;1-7-31-12-14-35-9-2-19-37(20-16-32(8-1)27(31)29(35)37)23-25-3-5-26(6-4-25)24-38-21-17-34-11-10-33-13-15-36(18-22-38)30(38)28(33)34;;;;;;;/h5-8,29-32H,3-4,9-26H2,1-2H3;5-8H,3-4,9-30H2,1-2H3;3-6,27-30H,1-2,7-24H2;1H4;6*1H/q+4;;+2;;;;;;;/p-6. The van der Waals surface area contributed by atoms with E-state index in [4.69, 9.17) is 0 Å². The van der Waals surface area contributed by atoms with Gasteiger partial charge in [-0.3, -0.25) is 53.1 Å². The molecule has 30 heteroatoms. The number of fused-ring (bicyclic) bond motifs is 6. The predicted molar refractivity (Wildman–Crippen MR) is 478 cm³/mol. The lowest BCUT2D eigenvalue weighted by molar-refractivity contribution is -1.05. The Morgan fingerprint density at radius 1 is 0.224 bits per heavy atom. The molecule has 3 aromatic rings. The second kappa shape index (κ2) is 43.7. The van der Waals surface area contributed by atoms with E-state index < -0.39 is 0 Å². The molecule has 0 spiro atoms. The Morgan fingerprint density at radius 3 is 0.920 bits per heavy atom. The van der Waals surface area contributed by atoms with E-state index >= 15 is 0 Å². The third-order valence-electron chi connectivity index (χ3n) is 36.0. The van der Waals surface area contributed by atoms with Gasteiger partial charge >= 0.3 is 0 Å². The molecule has 24 nitrogen and oxygen atoms in total. The van der Waals surface area contributed by atoms with Crippen LogP contribution in [0.3, 0.4) is 0 Å². The van der Waals surface area contributed by atoms with Crippen LogP contribution in [-0.4, -0.2) is 533 Å². The summed E-state index contributed by atoms with van der Waals surface area (Å²) in [5, 5.41) is 0. The monoisotopic (exact) mass is 2310 g/mol. The van der Waals surface area contributed by atoms with Crippen LogP contribution in [0, 0.1) is 0 Å². The lowest BCUT2D eigenvalue weighted by Gasteiger charge is -2.66. The zero-order valence-electron chi connectivity index (χ0n) is 76.8. The van der Waals surface area contributed by atoms with Gasteiger partial charge in [0.1, 0.15) is 38.5 Å². The van der Waals surface area contributed by atoms with Crippen LogP contribution < -0.4 is 130 Å². The first kappa shape index (κ1) is 101. The fourth-order valence-corrected chi connectivity index (χ4v) is 29.2. The number of hydrogen-bond donors (Lipinski definition) is 0. The Balaban J connectivity index is 0.000000148. The van der Waals surface area contributed by atoms with Gasteiger partial charge in [0, 0.05) is 244 Å². The Bertz CT molecular complexity index is 3850. The van der Waals surface area contributed by atoms with Gasteiger partial charge in [0.05, 0.1) is 138 Å². The summed E-state index contributed by atoms with van der Waals surface area (Å²) in [6, 6.07) is 29.9. The smallest absolute Gasteiger partial charge is 0.214 e. The number of hydrogen-bond acceptors (Lipinski definition) is 18. The quantitative estimate of drug-likeness (QED) is 0.128. The van der Waals surface area contributed by atoms with Crippen molar-refractivity contribution in [2.75, 3.05) is 369 Å². The van der Waals surface area contributed by atoms with E-state index in [0.717, 1.165) is 19.3 Å². The third kappa shape index (κ3) is 21.0. The Morgan fingerprint density at radius 2 is 0.472 bits per heavy atom. The molecule has 20 aliphatic rings. The van der Waals surface area contributed by atoms with Gasteiger partial charge in [0.15, 0.2) is 12.3 Å². The summed E-state index contributed by atoms with van der Waals surface area (Å²) in [4.78, 5) is 49.9. The van der Waals surface area contributed by atoms with E-state index in [-0.39, 0.29) is 137 Å². The highest BCUT2D eigenvalue weighted by atomic mass is 127. The van der Waals surface area contributed by atoms with E-state index in [0.29, 0.717) is 43.2 Å². The van der Waals surface area contributed by atoms with Gasteiger partial charge < -0.3 is 167 Å². The van der Waals surface area contributed by atoms with Crippen LogP contribution in [-0.2, 0) is 39.3 Å². The molecule has 706 valence electrons. The molecule has 20 aliphatic heterocycles. The number of halogens is 6. The first-order valence-corrected chi connectivity index (χ1v) is 49.2. The van der Waals surface area contributed by atoms with E-state index in [1.165, 1.54) is 443 Å². The zero-order valence-corrected chi connectivity index (χ0v) is 88.6. The number of likely N-dealkylation sites (N-methyl/N-ethyl adjacent to an activating group) is 4. The van der Waals surface area contributed by atoms with Crippen LogP contribution in [0.25, 0.3) is 0 Å². The van der Waals surface area contributed by atoms with Crippen LogP contribution in [0.2, 0.25) is 0 Å². The van der Waals surface area contributed by atoms with Crippen molar-refractivity contribution < 1.29 is 157 Å². The maximum absolute atomic E-state index is 2.92. The molecule has 0 amide bonds. The second-order valence-electron chi connectivity index (χ2n) is 42.9. The van der Waals surface area contributed by atoms with Crippen molar-refractivity contribution in [3.05, 3.63) is 106 Å². The van der Waals surface area contributed by atoms with Gasteiger partial charge in [-0.05, 0) is 70.7 Å². The minimum Gasteiger partial charge on any atom is -1.00 e. The molecule has 125 heavy (non-hydrogen) atoms. The molecule has 20 saturated heterocycles. The Labute approximate surface area is 846 Å². The Kier molecular flexibility index (Phi) is 35.5. The van der Waals surface area contributed by atoms with Gasteiger partial charge in [0.25, 0.3) is 0 Å². The molecule has 3 aromatic carbocycles. The predicted octanol–water partition coefficient (Wildman–Crippen LogP) is -15.2. The molecule has 0 N–H and O–H groups in total. The van der Waals surface area contributed by atoms with Crippen molar-refractivity contribution in [1.82, 2.24) is 88.2 Å². The summed E-state index contributed by atoms with van der Waals surface area (Å²) < 4.78 is 7.85. The molecule has 18 atom stereocenters. The second-order valence-corrected chi connectivity index (χ2v) is 42.9. The highest BCUT2D eigenvalue weighted by Gasteiger charge is 2.68. The third-order valence-corrected chi connectivity index (χ3v) is 36.0. The molecule has 0 aromatic heterocycles. The van der Waals surface area contributed by atoms with Gasteiger partial charge in [-0.2, -0.15) is 0 Å². The number of quaternary nitrogens is 6. The molecule has 0 radical (unpaired) electrons. The summed E-state index contributed by atoms with van der Waals surface area (Å²) in [5.41, 5.74) is 9.25. The van der Waals surface area contributed by atoms with E-state index in [1.807, 2.05) is 0 Å². The van der Waals surface area contributed by atoms with Crippen molar-refractivity contribution in [3.63, 3.8) is 0 Å². The maximum atomic E-state index is 2.92. The molecular weight excluding hydrogens is 2140 g/mol. The molecule has 23 rings (SSSR count). The lowest BCUT2D eigenvalue weighted by atomic mass is 9.94. The minimum absolute atomic E-state index is 0. The van der Waals surface area contributed by atoms with Gasteiger partial charge in [0.2, 0.25) is 24.7 Å². The highest BCUT2D eigenvalue weighted by molar-refractivity contribution is 5.25. The van der Waals surface area contributed by atoms with E-state index in [9.17, 15) is 0 Å². The largest absolute Gasteiger partial charge is 1.00 e. The van der Waals surface area contributed by atoms with Crippen molar-refractivity contribution in [2.24, 2.45) is 0 Å². The summed E-state index contributed by atoms with van der Waals surface area (Å²) in [7, 11) is 9.72. The molecule has 4 bridgehead atoms. The molecule has 20 fully saturated rings. The molecular formula is C95H164Br2I4N24. The first-order valence-electron chi connectivity index (χ1n) is 49.2. The van der Waals surface area contributed by atoms with Gasteiger partial charge in [-0.1, -0.05) is 80.2 Å². The van der Waals surface area contributed by atoms with E-state index in [2.05, 4.69) is 189 Å². The van der Waals surface area contributed by atoms with Crippen molar-refractivity contribution in [1.29, 1.82) is 0 Å². The fraction of sp³-hybridized carbons (Fsp3) is 0.811. The topological polar surface area (TPSA) is 58.3 Å². The molecule has 18 unspecified atom stereocenters. The average molecular weight is 2310 g/mol. The number of nitrogens with zero attached hydrogens (tertiary/aromatic N) is 24. The normalized spacial score (nSPS) is 39.1. The molecule has 0 aliphatic carbocycles. The van der Waals surface area contributed by atoms with Crippen molar-refractivity contribution in [2.45, 2.75) is 135 Å². The number of benzene rings is 3. The van der Waals surface area contributed by atoms with Crippen LogP contribution in [0.15, 0.2) is 72.8 Å². The number of piperazine rings is 8. The van der Waals surface area contributed by atoms with Crippen molar-refractivity contribution >= 4 is 0 Å². The fourth-order valence-electron chi connectivity index (χ4n) is 29.2. The van der Waals surface area contributed by atoms with Crippen LogP contribution >= 0.6 is 0 Å². The SMILES string of the molecule is C.CN1CCCN2CCN(CCCN(Cc3ccc(CN4CCN5CCN(C)CCN(CC5)CC4)cc3)CC2)CC1.C[N+]12CCCN3CC[N+]4(Cc5ccc(C[N+]67CCN8CC[N+]9(C)CCN(CC6)C7C89)cc5)CCCN(CC1)C4C32.[Br-].[Br-].[I-].[I-].[I-].[I-].c1cc(C[N+]23CCN4CCN5CCN(CC2)C3C54)ccc1C[N+]12CCCN3CCN4CCCN(CC1)C4C32. The van der Waals surface area contributed by atoms with E-state index in [1.54, 1.807) is 22.3 Å². The number of rotatable bonds is 12. The average Bonchev–Trinajstić information content (AvgIpc) is 1.49. The summed E-state index contributed by atoms with van der Waals surface area (Å²) in [6.07, 6.45) is 13.6. The van der Waals surface area contributed by atoms with Gasteiger partial charge in [-0.25, -0.2) is 24.5 Å². The summed E-state index contributed by atoms with van der Waals surface area (Å²) in [5.74, 6) is 0. The molecule has 20 heterocycles. The summed E-state index contributed by atoms with van der Waals surface area (Å²) >= 11 is 0. The first-order chi connectivity index (χ1) is 57.7. The van der Waals surface area contributed by atoms with Crippen LogP contribution in [0.1, 0.15) is 79.3 Å².